The summed E-state index contributed by atoms with van der Waals surface area (Å²) in [7, 11) is 0. The summed E-state index contributed by atoms with van der Waals surface area (Å²) < 4.78 is 4.32. The van der Waals surface area contributed by atoms with Gasteiger partial charge in [0.15, 0.2) is 10.3 Å². The zero-order chi connectivity index (χ0) is 23.2. The number of hydrogen-bond acceptors (Lipinski definition) is 6. The molecule has 0 aliphatic heterocycles. The van der Waals surface area contributed by atoms with Gasteiger partial charge < -0.3 is 0 Å². The van der Waals surface area contributed by atoms with Crippen molar-refractivity contribution in [2.75, 3.05) is 11.5 Å². The second-order valence-electron chi connectivity index (χ2n) is 8.01. The minimum atomic E-state index is 0.543. The van der Waals surface area contributed by atoms with E-state index in [1.807, 2.05) is 0 Å². The van der Waals surface area contributed by atoms with E-state index in [2.05, 4.69) is 106 Å². The van der Waals surface area contributed by atoms with Gasteiger partial charge in [-0.05, 0) is 51.0 Å². The van der Waals surface area contributed by atoms with Gasteiger partial charge in [0.2, 0.25) is 0 Å². The topological polar surface area (TPSA) is 61.4 Å². The van der Waals surface area contributed by atoms with E-state index >= 15 is 0 Å². The zero-order valence-electron chi connectivity index (χ0n) is 19.7. The molecule has 172 valence electrons. The van der Waals surface area contributed by atoms with E-state index in [9.17, 15) is 0 Å². The van der Waals surface area contributed by atoms with Gasteiger partial charge in [-0.1, -0.05) is 72.8 Å². The maximum atomic E-state index is 4.59. The molecule has 0 radical (unpaired) electrons. The number of rotatable bonds is 10. The maximum absolute atomic E-state index is 4.59. The Morgan fingerprint density at radius 2 is 1.00 bits per heavy atom. The molecule has 2 aromatic heterocycles. The van der Waals surface area contributed by atoms with E-state index in [-0.39, 0.29) is 0 Å². The van der Waals surface area contributed by atoms with Crippen LogP contribution >= 0.6 is 23.5 Å². The van der Waals surface area contributed by atoms with Crippen molar-refractivity contribution in [1.29, 1.82) is 0 Å². The standard InChI is InChI=1S/C25H30N6S2/c1-5-15-32-24-28-26-22(30(24)20-11-7-18(3)8-12-20)17-23-27-29-25(33-16-6-2)31(23)21-13-9-19(4)10-14-21/h7-14H,5-6,15-17H2,1-4H3. The maximum Gasteiger partial charge on any atom is 0.195 e. The molecule has 0 atom stereocenters. The van der Waals surface area contributed by atoms with Gasteiger partial charge in [-0.15, -0.1) is 20.4 Å². The highest BCUT2D eigenvalue weighted by Gasteiger charge is 2.20. The number of aryl methyl sites for hydroxylation is 2. The molecular weight excluding hydrogens is 448 g/mol. The van der Waals surface area contributed by atoms with Crippen molar-refractivity contribution in [2.24, 2.45) is 0 Å². The number of hydrogen-bond donors (Lipinski definition) is 0. The summed E-state index contributed by atoms with van der Waals surface area (Å²) in [4.78, 5) is 0. The highest BCUT2D eigenvalue weighted by atomic mass is 32.2. The Morgan fingerprint density at radius 1 is 0.606 bits per heavy atom. The monoisotopic (exact) mass is 478 g/mol. The van der Waals surface area contributed by atoms with Crippen LogP contribution in [-0.4, -0.2) is 41.0 Å². The number of aromatic nitrogens is 6. The van der Waals surface area contributed by atoms with Crippen molar-refractivity contribution in [3.8, 4) is 11.4 Å². The summed E-state index contributed by atoms with van der Waals surface area (Å²) in [5, 5.41) is 20.1. The molecule has 0 unspecified atom stereocenters. The molecule has 0 aliphatic carbocycles. The van der Waals surface area contributed by atoms with Crippen molar-refractivity contribution >= 4 is 23.5 Å². The van der Waals surface area contributed by atoms with Crippen LogP contribution in [0.4, 0.5) is 0 Å². The van der Waals surface area contributed by atoms with Crippen molar-refractivity contribution in [3.63, 3.8) is 0 Å². The molecule has 8 heteroatoms. The molecule has 6 nitrogen and oxygen atoms in total. The Labute approximate surface area is 204 Å². The first kappa shape index (κ1) is 23.6. The van der Waals surface area contributed by atoms with Crippen molar-refractivity contribution in [3.05, 3.63) is 71.3 Å². The Kier molecular flexibility index (Phi) is 7.88. The summed E-state index contributed by atoms with van der Waals surface area (Å²) >= 11 is 3.48. The number of nitrogens with zero attached hydrogens (tertiary/aromatic N) is 6. The van der Waals surface area contributed by atoms with Gasteiger partial charge in [-0.25, -0.2) is 0 Å². The Bertz CT molecular complexity index is 1090. The van der Waals surface area contributed by atoms with E-state index in [4.69, 9.17) is 0 Å². The molecule has 0 aliphatic rings. The van der Waals surface area contributed by atoms with E-state index in [1.165, 1.54) is 11.1 Å². The molecular formula is C25H30N6S2. The third-order valence-corrected chi connectivity index (χ3v) is 7.44. The predicted octanol–water partition coefficient (Wildman–Crippen LogP) is 6.06. The number of benzene rings is 2. The third kappa shape index (κ3) is 5.50. The normalized spacial score (nSPS) is 11.3. The van der Waals surface area contributed by atoms with Gasteiger partial charge in [-0.3, -0.25) is 9.13 Å². The summed E-state index contributed by atoms with van der Waals surface area (Å²) in [5.74, 6) is 3.73. The molecule has 4 aromatic rings. The highest BCUT2D eigenvalue weighted by Crippen LogP contribution is 2.27. The first-order chi connectivity index (χ1) is 16.1. The Morgan fingerprint density at radius 3 is 1.36 bits per heavy atom. The molecule has 0 bridgehead atoms. The summed E-state index contributed by atoms with van der Waals surface area (Å²) in [6.45, 7) is 8.56. The SMILES string of the molecule is CCCSc1nnc(Cc2nnc(SCCC)n2-c2ccc(C)cc2)n1-c1ccc(C)cc1. The lowest BCUT2D eigenvalue weighted by Crippen LogP contribution is -2.09. The minimum Gasteiger partial charge on any atom is -0.274 e. The lowest BCUT2D eigenvalue weighted by atomic mass is 10.2. The predicted molar refractivity (Wildman–Crippen MR) is 137 cm³/mol. The molecule has 0 amide bonds. The second-order valence-corrected chi connectivity index (χ2v) is 10.1. The average Bonchev–Trinajstić information content (AvgIpc) is 3.41. The molecule has 0 saturated heterocycles. The van der Waals surface area contributed by atoms with Gasteiger partial charge in [0.05, 0.1) is 6.42 Å². The molecule has 33 heavy (non-hydrogen) atoms. The quantitative estimate of drug-likeness (QED) is 0.258. The van der Waals surface area contributed by atoms with Gasteiger partial charge in [0.1, 0.15) is 11.6 Å². The van der Waals surface area contributed by atoms with Crippen LogP contribution in [0.5, 0.6) is 0 Å². The molecule has 4 rings (SSSR count). The second kappa shape index (κ2) is 11.0. The van der Waals surface area contributed by atoms with E-state index in [1.54, 1.807) is 23.5 Å². The first-order valence-electron chi connectivity index (χ1n) is 11.4. The average molecular weight is 479 g/mol. The molecule has 0 fully saturated rings. The minimum absolute atomic E-state index is 0.543. The van der Waals surface area contributed by atoms with E-state index in [0.29, 0.717) is 6.42 Å². The van der Waals surface area contributed by atoms with Crippen LogP contribution < -0.4 is 0 Å². The summed E-state index contributed by atoms with van der Waals surface area (Å²) in [6.07, 6.45) is 2.71. The van der Waals surface area contributed by atoms with Crippen LogP contribution in [0.2, 0.25) is 0 Å². The summed E-state index contributed by atoms with van der Waals surface area (Å²) in [6, 6.07) is 17.0. The van der Waals surface area contributed by atoms with Crippen LogP contribution in [-0.2, 0) is 6.42 Å². The molecule has 2 aromatic carbocycles. The number of thioether (sulfide) groups is 2. The largest absolute Gasteiger partial charge is 0.274 e. The van der Waals surface area contributed by atoms with Gasteiger partial charge >= 0.3 is 0 Å². The van der Waals surface area contributed by atoms with Crippen LogP contribution in [0.1, 0.15) is 49.5 Å². The lowest BCUT2D eigenvalue weighted by Gasteiger charge is -2.12. The van der Waals surface area contributed by atoms with Crippen LogP contribution in [0.15, 0.2) is 58.8 Å². The van der Waals surface area contributed by atoms with E-state index in [0.717, 1.165) is 57.7 Å². The smallest absolute Gasteiger partial charge is 0.195 e. The van der Waals surface area contributed by atoms with E-state index < -0.39 is 0 Å². The van der Waals surface area contributed by atoms with Crippen molar-refractivity contribution in [1.82, 2.24) is 29.5 Å². The van der Waals surface area contributed by atoms with Crippen LogP contribution in [0, 0.1) is 13.8 Å². The Balaban J connectivity index is 1.76. The van der Waals surface area contributed by atoms with Gasteiger partial charge in [-0.2, -0.15) is 0 Å². The first-order valence-corrected chi connectivity index (χ1v) is 13.4. The summed E-state index contributed by atoms with van der Waals surface area (Å²) in [5.41, 5.74) is 4.60. The van der Waals surface area contributed by atoms with Crippen molar-refractivity contribution in [2.45, 2.75) is 57.3 Å². The fourth-order valence-corrected chi connectivity index (χ4v) is 5.10. The van der Waals surface area contributed by atoms with Crippen molar-refractivity contribution < 1.29 is 0 Å². The molecule has 2 heterocycles. The van der Waals surface area contributed by atoms with Gasteiger partial charge in [0.25, 0.3) is 0 Å². The zero-order valence-corrected chi connectivity index (χ0v) is 21.3. The highest BCUT2D eigenvalue weighted by molar-refractivity contribution is 7.99. The fraction of sp³-hybridized carbons (Fsp3) is 0.360. The fourth-order valence-electron chi connectivity index (χ4n) is 3.45. The lowest BCUT2D eigenvalue weighted by molar-refractivity contribution is 0.791. The molecule has 0 saturated carbocycles. The Hall–Kier alpha value is -2.58. The third-order valence-electron chi connectivity index (χ3n) is 5.17. The van der Waals surface area contributed by atoms with Crippen LogP contribution in [0.25, 0.3) is 11.4 Å². The van der Waals surface area contributed by atoms with Crippen LogP contribution in [0.3, 0.4) is 0 Å². The molecule has 0 spiro atoms. The molecule has 0 N–H and O–H groups in total. The van der Waals surface area contributed by atoms with Gasteiger partial charge in [0, 0.05) is 22.9 Å².